The summed E-state index contributed by atoms with van der Waals surface area (Å²) in [6, 6.07) is 1.88. The summed E-state index contributed by atoms with van der Waals surface area (Å²) in [4.78, 5) is 15.3. The highest BCUT2D eigenvalue weighted by Gasteiger charge is 2.01. The van der Waals surface area contributed by atoms with Gasteiger partial charge in [-0.1, -0.05) is 0 Å². The number of anilines is 1. The summed E-state index contributed by atoms with van der Waals surface area (Å²) in [5.74, 6) is 0.228. The van der Waals surface area contributed by atoms with Crippen molar-refractivity contribution in [1.82, 2.24) is 9.55 Å². The van der Waals surface area contributed by atoms with Crippen molar-refractivity contribution < 1.29 is 0 Å². The summed E-state index contributed by atoms with van der Waals surface area (Å²) in [6.45, 7) is 2.56. The summed E-state index contributed by atoms with van der Waals surface area (Å²) >= 11 is 0. The number of hydrogen-bond donors (Lipinski definition) is 1. The summed E-state index contributed by atoms with van der Waals surface area (Å²) < 4.78 is 1.52. The number of hydrogen-bond acceptors (Lipinski definition) is 4. The lowest BCUT2D eigenvalue weighted by molar-refractivity contribution is 0.719. The zero-order valence-electron chi connectivity index (χ0n) is 7.32. The van der Waals surface area contributed by atoms with Crippen molar-refractivity contribution in [2.24, 2.45) is 0 Å². The minimum Gasteiger partial charge on any atom is -0.352 e. The fraction of sp³-hybridized carbons (Fsp3) is 0.375. The number of nitriles is 1. The van der Waals surface area contributed by atoms with Gasteiger partial charge in [0, 0.05) is 18.9 Å². The molecule has 0 unspecified atom stereocenters. The Morgan fingerprint density at radius 3 is 3.15 bits per heavy atom. The third kappa shape index (κ3) is 2.06. The topological polar surface area (TPSA) is 70.7 Å². The van der Waals surface area contributed by atoms with Crippen molar-refractivity contribution >= 4 is 5.82 Å². The molecule has 0 saturated heterocycles. The molecule has 0 saturated carbocycles. The first-order valence-electron chi connectivity index (χ1n) is 3.96. The van der Waals surface area contributed by atoms with E-state index in [1.807, 2.05) is 13.0 Å². The van der Waals surface area contributed by atoms with E-state index in [1.54, 1.807) is 6.20 Å². The second kappa shape index (κ2) is 4.26. The molecular formula is C8H10N4O. The zero-order chi connectivity index (χ0) is 9.68. The minimum absolute atomic E-state index is 0.0932. The Hall–Kier alpha value is -1.83. The van der Waals surface area contributed by atoms with Crippen LogP contribution in [0.1, 0.15) is 6.92 Å². The van der Waals surface area contributed by atoms with Crippen molar-refractivity contribution in [3.05, 3.63) is 22.7 Å². The van der Waals surface area contributed by atoms with Gasteiger partial charge in [-0.25, -0.2) is 4.98 Å². The van der Waals surface area contributed by atoms with E-state index in [1.165, 1.54) is 10.8 Å². The number of aryl methyl sites for hydroxylation is 1. The molecule has 13 heavy (non-hydrogen) atoms. The Bertz CT molecular complexity index is 376. The summed E-state index contributed by atoms with van der Waals surface area (Å²) in [6.07, 6.45) is 3.14. The summed E-state index contributed by atoms with van der Waals surface area (Å²) in [7, 11) is 0. The van der Waals surface area contributed by atoms with Crippen LogP contribution < -0.4 is 10.9 Å². The molecule has 0 aliphatic heterocycles. The van der Waals surface area contributed by atoms with Crippen LogP contribution in [0.25, 0.3) is 0 Å². The monoisotopic (exact) mass is 178 g/mol. The highest BCUT2D eigenvalue weighted by atomic mass is 16.1. The van der Waals surface area contributed by atoms with Crippen molar-refractivity contribution in [3.8, 4) is 6.07 Å². The highest BCUT2D eigenvalue weighted by molar-refractivity contribution is 5.31. The Kier molecular flexibility index (Phi) is 3.03. The van der Waals surface area contributed by atoms with E-state index in [9.17, 15) is 4.79 Å². The molecule has 1 N–H and O–H groups in total. The average molecular weight is 178 g/mol. The van der Waals surface area contributed by atoms with Gasteiger partial charge in [0.05, 0.1) is 6.07 Å². The van der Waals surface area contributed by atoms with Crippen LogP contribution in [0.2, 0.25) is 0 Å². The SMILES string of the molecule is CCn1ccnc(NCC#N)c1=O. The first-order valence-corrected chi connectivity index (χ1v) is 3.96. The molecule has 0 radical (unpaired) electrons. The van der Waals surface area contributed by atoms with Crippen molar-refractivity contribution in [1.29, 1.82) is 5.26 Å². The van der Waals surface area contributed by atoms with Crippen molar-refractivity contribution in [3.63, 3.8) is 0 Å². The molecule has 1 rings (SSSR count). The maximum atomic E-state index is 11.4. The van der Waals surface area contributed by atoms with E-state index in [-0.39, 0.29) is 17.9 Å². The Labute approximate surface area is 75.6 Å². The third-order valence-electron chi connectivity index (χ3n) is 1.59. The van der Waals surface area contributed by atoms with Crippen LogP contribution in [0.3, 0.4) is 0 Å². The van der Waals surface area contributed by atoms with Crippen molar-refractivity contribution in [2.45, 2.75) is 13.5 Å². The van der Waals surface area contributed by atoms with Gasteiger partial charge in [-0.2, -0.15) is 5.26 Å². The molecule has 5 nitrogen and oxygen atoms in total. The van der Waals surface area contributed by atoms with Crippen LogP contribution in [0.4, 0.5) is 5.82 Å². The lowest BCUT2D eigenvalue weighted by Gasteiger charge is -2.03. The van der Waals surface area contributed by atoms with Gasteiger partial charge in [-0.3, -0.25) is 4.79 Å². The largest absolute Gasteiger partial charge is 0.352 e. The molecule has 0 spiro atoms. The second-order valence-electron chi connectivity index (χ2n) is 2.38. The predicted octanol–water partition coefficient (Wildman–Crippen LogP) is 0.199. The predicted molar refractivity (Wildman–Crippen MR) is 48.3 cm³/mol. The van der Waals surface area contributed by atoms with E-state index in [4.69, 9.17) is 5.26 Å². The molecule has 1 heterocycles. The fourth-order valence-electron chi connectivity index (χ4n) is 0.941. The van der Waals surface area contributed by atoms with E-state index in [2.05, 4.69) is 10.3 Å². The molecule has 0 fully saturated rings. The van der Waals surface area contributed by atoms with E-state index < -0.39 is 0 Å². The van der Waals surface area contributed by atoms with Gasteiger partial charge in [-0.15, -0.1) is 0 Å². The summed E-state index contributed by atoms with van der Waals surface area (Å²) in [5, 5.41) is 10.9. The van der Waals surface area contributed by atoms with Crippen LogP contribution in [-0.2, 0) is 6.54 Å². The maximum Gasteiger partial charge on any atom is 0.293 e. The molecule has 0 aromatic carbocycles. The Morgan fingerprint density at radius 1 is 1.77 bits per heavy atom. The second-order valence-corrected chi connectivity index (χ2v) is 2.38. The normalized spacial score (nSPS) is 9.23. The maximum absolute atomic E-state index is 11.4. The molecule has 1 aromatic heterocycles. The van der Waals surface area contributed by atoms with Crippen LogP contribution >= 0.6 is 0 Å². The Balaban J connectivity index is 2.96. The van der Waals surface area contributed by atoms with Crippen LogP contribution in [0, 0.1) is 11.3 Å². The van der Waals surface area contributed by atoms with Gasteiger partial charge in [0.25, 0.3) is 5.56 Å². The van der Waals surface area contributed by atoms with Gasteiger partial charge in [0.2, 0.25) is 0 Å². The van der Waals surface area contributed by atoms with E-state index in [0.29, 0.717) is 6.54 Å². The Morgan fingerprint density at radius 2 is 2.54 bits per heavy atom. The van der Waals surface area contributed by atoms with Crippen LogP contribution in [-0.4, -0.2) is 16.1 Å². The summed E-state index contributed by atoms with van der Waals surface area (Å²) in [5.41, 5.74) is -0.194. The molecule has 0 amide bonds. The number of aromatic nitrogens is 2. The van der Waals surface area contributed by atoms with Crippen LogP contribution in [0.15, 0.2) is 17.2 Å². The van der Waals surface area contributed by atoms with Gasteiger partial charge < -0.3 is 9.88 Å². The molecule has 0 bridgehead atoms. The minimum atomic E-state index is -0.194. The number of nitrogens with zero attached hydrogens (tertiary/aromatic N) is 3. The number of rotatable bonds is 3. The molecule has 0 aliphatic rings. The lowest BCUT2D eigenvalue weighted by atomic mass is 10.5. The van der Waals surface area contributed by atoms with Gasteiger partial charge in [0.1, 0.15) is 6.54 Å². The van der Waals surface area contributed by atoms with Crippen molar-refractivity contribution in [2.75, 3.05) is 11.9 Å². The number of nitrogens with one attached hydrogen (secondary N) is 1. The van der Waals surface area contributed by atoms with Crippen LogP contribution in [0.5, 0.6) is 0 Å². The fourth-order valence-corrected chi connectivity index (χ4v) is 0.941. The van der Waals surface area contributed by atoms with Gasteiger partial charge >= 0.3 is 0 Å². The quantitative estimate of drug-likeness (QED) is 0.671. The highest BCUT2D eigenvalue weighted by Crippen LogP contribution is 1.91. The zero-order valence-corrected chi connectivity index (χ0v) is 7.32. The molecule has 1 aromatic rings. The first kappa shape index (κ1) is 9.26. The third-order valence-corrected chi connectivity index (χ3v) is 1.59. The molecule has 0 aliphatic carbocycles. The molecular weight excluding hydrogens is 168 g/mol. The van der Waals surface area contributed by atoms with E-state index >= 15 is 0 Å². The molecule has 5 heteroatoms. The van der Waals surface area contributed by atoms with Gasteiger partial charge in [0.15, 0.2) is 5.82 Å². The van der Waals surface area contributed by atoms with Gasteiger partial charge in [-0.05, 0) is 6.92 Å². The first-order chi connectivity index (χ1) is 6.29. The lowest BCUT2D eigenvalue weighted by Crippen LogP contribution is -2.23. The average Bonchev–Trinajstić information content (AvgIpc) is 2.16. The molecule has 0 atom stereocenters. The smallest absolute Gasteiger partial charge is 0.293 e. The standard InChI is InChI=1S/C8H10N4O/c1-2-12-6-5-11-7(8(12)13)10-4-3-9/h5-6H,2,4H2,1H3,(H,10,11). The van der Waals surface area contributed by atoms with E-state index in [0.717, 1.165) is 0 Å². The molecule has 68 valence electrons.